The van der Waals surface area contributed by atoms with E-state index in [1.807, 2.05) is 35.7 Å². The van der Waals surface area contributed by atoms with Gasteiger partial charge in [-0.2, -0.15) is 0 Å². The number of ether oxygens (including phenoxy) is 1. The van der Waals surface area contributed by atoms with Crippen molar-refractivity contribution in [1.82, 2.24) is 0 Å². The Hall–Kier alpha value is -1.99. The summed E-state index contributed by atoms with van der Waals surface area (Å²) in [7, 11) is 1.22. The van der Waals surface area contributed by atoms with E-state index in [9.17, 15) is 14.0 Å². The molecule has 1 N–H and O–H groups in total. The number of hydrogen-bond donors (Lipinski definition) is 1. The molecule has 0 saturated carbocycles. The number of benzene rings is 2. The third kappa shape index (κ3) is 4.16. The maximum atomic E-state index is 14.1. The van der Waals surface area contributed by atoms with Crippen LogP contribution in [0.2, 0.25) is 0 Å². The Morgan fingerprint density at radius 1 is 1.08 bits per heavy atom. The van der Waals surface area contributed by atoms with Crippen LogP contribution in [0, 0.1) is 5.82 Å². The SMILES string of the molecule is COC(=O)c1ccc(NC(=O)c2ccc(C3SCCS3)cc2)c(F)c1. The molecule has 1 aliphatic heterocycles. The van der Waals surface area contributed by atoms with Crippen molar-refractivity contribution in [2.75, 3.05) is 23.9 Å². The number of hydrogen-bond acceptors (Lipinski definition) is 5. The maximum absolute atomic E-state index is 14.1. The molecule has 0 spiro atoms. The number of carbonyl (C=O) groups excluding carboxylic acids is 2. The van der Waals surface area contributed by atoms with Crippen molar-refractivity contribution in [2.24, 2.45) is 0 Å². The number of carbonyl (C=O) groups is 2. The van der Waals surface area contributed by atoms with Crippen LogP contribution in [0.25, 0.3) is 0 Å². The largest absolute Gasteiger partial charge is 0.465 e. The smallest absolute Gasteiger partial charge is 0.337 e. The molecule has 1 aliphatic rings. The van der Waals surface area contributed by atoms with Gasteiger partial charge < -0.3 is 10.1 Å². The van der Waals surface area contributed by atoms with Gasteiger partial charge in [0.2, 0.25) is 0 Å². The summed E-state index contributed by atoms with van der Waals surface area (Å²) in [5, 5.41) is 2.52. The van der Waals surface area contributed by atoms with Gasteiger partial charge in [0.15, 0.2) is 0 Å². The van der Waals surface area contributed by atoms with Gasteiger partial charge in [0.1, 0.15) is 5.82 Å². The van der Waals surface area contributed by atoms with Crippen molar-refractivity contribution < 1.29 is 18.7 Å². The van der Waals surface area contributed by atoms with Crippen molar-refractivity contribution in [2.45, 2.75) is 4.58 Å². The lowest BCUT2D eigenvalue weighted by molar-refractivity contribution is 0.0600. The van der Waals surface area contributed by atoms with E-state index in [2.05, 4.69) is 10.1 Å². The normalized spacial score (nSPS) is 14.3. The third-order valence-corrected chi connectivity index (χ3v) is 6.81. The molecule has 0 atom stereocenters. The van der Waals surface area contributed by atoms with Crippen LogP contribution >= 0.6 is 23.5 Å². The summed E-state index contributed by atoms with van der Waals surface area (Å²) >= 11 is 3.79. The molecule has 2 aromatic rings. The lowest BCUT2D eigenvalue weighted by Gasteiger charge is -2.10. The standard InChI is InChI=1S/C18H16FNO3S2/c1-23-17(22)13-6-7-15(14(19)10-13)20-16(21)11-2-4-12(5-3-11)18-24-8-9-25-18/h2-7,10,18H,8-9H2,1H3,(H,20,21). The predicted octanol–water partition coefficient (Wildman–Crippen LogP) is 4.34. The van der Waals surface area contributed by atoms with E-state index < -0.39 is 17.7 Å². The Balaban J connectivity index is 1.70. The van der Waals surface area contributed by atoms with Gasteiger partial charge >= 0.3 is 5.97 Å². The highest BCUT2D eigenvalue weighted by atomic mass is 32.2. The molecule has 25 heavy (non-hydrogen) atoms. The zero-order chi connectivity index (χ0) is 17.8. The van der Waals surface area contributed by atoms with Crippen molar-refractivity contribution in [1.29, 1.82) is 0 Å². The summed E-state index contributed by atoms with van der Waals surface area (Å²) in [5.41, 5.74) is 1.74. The molecule has 1 heterocycles. The molecule has 0 aromatic heterocycles. The number of methoxy groups -OCH3 is 1. The molecule has 4 nitrogen and oxygen atoms in total. The molecule has 7 heteroatoms. The monoisotopic (exact) mass is 377 g/mol. The maximum Gasteiger partial charge on any atom is 0.337 e. The quantitative estimate of drug-likeness (QED) is 0.803. The summed E-state index contributed by atoms with van der Waals surface area (Å²) in [6.45, 7) is 0. The zero-order valence-corrected chi connectivity index (χ0v) is 15.1. The van der Waals surface area contributed by atoms with Crippen molar-refractivity contribution in [3.05, 3.63) is 65.0 Å². The van der Waals surface area contributed by atoms with E-state index in [1.165, 1.54) is 24.8 Å². The second kappa shape index (κ2) is 7.93. The van der Waals surface area contributed by atoms with E-state index in [1.54, 1.807) is 12.1 Å². The summed E-state index contributed by atoms with van der Waals surface area (Å²) in [5.74, 6) is 0.557. The van der Waals surface area contributed by atoms with Crippen LogP contribution in [0.5, 0.6) is 0 Å². The molecule has 2 aromatic carbocycles. The Morgan fingerprint density at radius 3 is 2.32 bits per heavy atom. The molecular formula is C18H16FNO3S2. The highest BCUT2D eigenvalue weighted by Gasteiger charge is 2.19. The van der Waals surface area contributed by atoms with Gasteiger partial charge in [-0.25, -0.2) is 9.18 Å². The van der Waals surface area contributed by atoms with Crippen LogP contribution in [-0.2, 0) is 4.74 Å². The first-order valence-corrected chi connectivity index (χ1v) is 9.70. The minimum atomic E-state index is -0.688. The van der Waals surface area contributed by atoms with E-state index in [0.717, 1.165) is 17.6 Å². The van der Waals surface area contributed by atoms with Crippen molar-refractivity contribution in [3.8, 4) is 0 Å². The minimum absolute atomic E-state index is 0.0173. The van der Waals surface area contributed by atoms with Gasteiger partial charge in [0.25, 0.3) is 5.91 Å². The minimum Gasteiger partial charge on any atom is -0.465 e. The van der Waals surface area contributed by atoms with Gasteiger partial charge in [0, 0.05) is 17.1 Å². The van der Waals surface area contributed by atoms with Gasteiger partial charge in [-0.3, -0.25) is 4.79 Å². The average Bonchev–Trinajstić information content (AvgIpc) is 3.17. The molecular weight excluding hydrogens is 361 g/mol. The molecule has 0 unspecified atom stereocenters. The topological polar surface area (TPSA) is 55.4 Å². The second-order valence-corrected chi connectivity index (χ2v) is 8.06. The fraction of sp³-hybridized carbons (Fsp3) is 0.222. The molecule has 130 valence electrons. The van der Waals surface area contributed by atoms with Crippen LogP contribution in [-0.4, -0.2) is 30.5 Å². The first kappa shape index (κ1) is 17.8. The highest BCUT2D eigenvalue weighted by molar-refractivity contribution is 8.19. The molecule has 0 aliphatic carbocycles. The molecule has 0 bridgehead atoms. The van der Waals surface area contributed by atoms with E-state index >= 15 is 0 Å². The fourth-order valence-electron chi connectivity index (χ4n) is 2.40. The Kier molecular flexibility index (Phi) is 5.65. The van der Waals surface area contributed by atoms with Crippen LogP contribution < -0.4 is 5.32 Å². The zero-order valence-electron chi connectivity index (χ0n) is 13.5. The molecule has 1 saturated heterocycles. The van der Waals surface area contributed by atoms with Gasteiger partial charge in [-0.15, -0.1) is 23.5 Å². The highest BCUT2D eigenvalue weighted by Crippen LogP contribution is 2.45. The second-order valence-electron chi connectivity index (χ2n) is 5.34. The number of amides is 1. The van der Waals surface area contributed by atoms with Crippen molar-refractivity contribution >= 4 is 41.1 Å². The summed E-state index contributed by atoms with van der Waals surface area (Å²) < 4.78 is 19.0. The fourth-order valence-corrected chi connectivity index (χ4v) is 5.26. The van der Waals surface area contributed by atoms with Gasteiger partial charge in [0.05, 0.1) is 22.9 Å². The molecule has 3 rings (SSSR count). The number of halogens is 1. The predicted molar refractivity (Wildman–Crippen MR) is 99.8 cm³/mol. The van der Waals surface area contributed by atoms with Crippen LogP contribution in [0.4, 0.5) is 10.1 Å². The third-order valence-electron chi connectivity index (χ3n) is 3.71. The number of rotatable bonds is 4. The van der Waals surface area contributed by atoms with Crippen LogP contribution in [0.1, 0.15) is 30.9 Å². The number of nitrogens with one attached hydrogen (secondary N) is 1. The van der Waals surface area contributed by atoms with Gasteiger partial charge in [-0.1, -0.05) is 12.1 Å². The van der Waals surface area contributed by atoms with E-state index in [4.69, 9.17) is 0 Å². The lowest BCUT2D eigenvalue weighted by Crippen LogP contribution is -2.13. The summed E-state index contributed by atoms with van der Waals surface area (Å²) in [6, 6.07) is 11.1. The van der Waals surface area contributed by atoms with Crippen molar-refractivity contribution in [3.63, 3.8) is 0 Å². The Labute approximate surface area is 153 Å². The van der Waals surface area contributed by atoms with E-state index in [-0.39, 0.29) is 11.3 Å². The summed E-state index contributed by atoms with van der Waals surface area (Å²) in [4.78, 5) is 23.7. The summed E-state index contributed by atoms with van der Waals surface area (Å²) in [6.07, 6.45) is 0. The molecule has 1 fully saturated rings. The number of esters is 1. The van der Waals surface area contributed by atoms with Crippen LogP contribution in [0.3, 0.4) is 0 Å². The first-order valence-electron chi connectivity index (χ1n) is 7.61. The Morgan fingerprint density at radius 2 is 1.72 bits per heavy atom. The Bertz CT molecular complexity index is 789. The van der Waals surface area contributed by atoms with Crippen LogP contribution in [0.15, 0.2) is 42.5 Å². The molecule has 0 radical (unpaired) electrons. The van der Waals surface area contributed by atoms with E-state index in [0.29, 0.717) is 10.1 Å². The number of thioether (sulfide) groups is 2. The average molecular weight is 377 g/mol. The molecule has 1 amide bonds. The first-order chi connectivity index (χ1) is 12.1. The lowest BCUT2D eigenvalue weighted by atomic mass is 10.1. The number of anilines is 1. The van der Waals surface area contributed by atoms with Gasteiger partial charge in [-0.05, 0) is 35.9 Å².